The summed E-state index contributed by atoms with van der Waals surface area (Å²) in [6.07, 6.45) is 6.49. The van der Waals surface area contributed by atoms with Gasteiger partial charge in [-0.1, -0.05) is 18.2 Å². The third-order valence-corrected chi connectivity index (χ3v) is 4.89. The molecule has 1 aliphatic heterocycles. The predicted octanol–water partition coefficient (Wildman–Crippen LogP) is 2.66. The standard InChI is InChI=1S/C19H30N4OS/c1-3-20-19(21-12-6-7-14-25-2)22-15-18(24)23-13-8-10-16-9-4-5-11-17(16)23/h4-5,9,11H,3,6-8,10,12-15H2,1-2H3,(H2,20,21,22). The smallest absolute Gasteiger partial charge is 0.248 e. The molecule has 1 heterocycles. The van der Waals surface area contributed by atoms with Gasteiger partial charge < -0.3 is 15.5 Å². The fourth-order valence-electron chi connectivity index (χ4n) is 2.94. The third-order valence-electron chi connectivity index (χ3n) is 4.20. The second kappa shape index (κ2) is 11.0. The van der Waals surface area contributed by atoms with E-state index in [-0.39, 0.29) is 12.5 Å². The number of rotatable bonds is 8. The number of unbranched alkanes of at least 4 members (excludes halogenated alkanes) is 1. The van der Waals surface area contributed by atoms with Crippen LogP contribution in [0.3, 0.4) is 0 Å². The molecule has 1 aliphatic rings. The first-order valence-electron chi connectivity index (χ1n) is 9.15. The highest BCUT2D eigenvalue weighted by molar-refractivity contribution is 7.98. The quantitative estimate of drug-likeness (QED) is 0.424. The number of hydrogen-bond acceptors (Lipinski definition) is 3. The number of carbonyl (C=O) groups is 1. The minimum atomic E-state index is 0.0618. The van der Waals surface area contributed by atoms with Crippen LogP contribution in [-0.4, -0.2) is 50.1 Å². The molecule has 6 heteroatoms. The second-order valence-electron chi connectivity index (χ2n) is 6.10. The number of anilines is 1. The average molecular weight is 363 g/mol. The largest absolute Gasteiger partial charge is 0.357 e. The molecule has 0 bridgehead atoms. The summed E-state index contributed by atoms with van der Waals surface area (Å²) in [6, 6.07) is 8.17. The zero-order valence-corrected chi connectivity index (χ0v) is 16.2. The Labute approximate surface area is 155 Å². The van der Waals surface area contributed by atoms with Crippen LogP contribution in [0.15, 0.2) is 29.3 Å². The fraction of sp³-hybridized carbons (Fsp3) is 0.579. The molecule has 1 amide bonds. The summed E-state index contributed by atoms with van der Waals surface area (Å²) >= 11 is 1.87. The van der Waals surface area contributed by atoms with Crippen LogP contribution in [0, 0.1) is 0 Å². The summed E-state index contributed by atoms with van der Waals surface area (Å²) in [6.45, 7) is 4.66. The summed E-state index contributed by atoms with van der Waals surface area (Å²) in [5.74, 6) is 1.97. The molecule has 138 valence electrons. The number of nitrogens with zero attached hydrogens (tertiary/aromatic N) is 2. The van der Waals surface area contributed by atoms with E-state index in [1.165, 1.54) is 17.7 Å². The van der Waals surface area contributed by atoms with E-state index in [1.54, 1.807) is 0 Å². The Bertz CT molecular complexity index is 576. The zero-order valence-electron chi connectivity index (χ0n) is 15.4. The number of benzene rings is 1. The number of nitrogens with one attached hydrogen (secondary N) is 2. The normalized spacial score (nSPS) is 14.2. The predicted molar refractivity (Wildman–Crippen MR) is 109 cm³/mol. The van der Waals surface area contributed by atoms with E-state index in [0.29, 0.717) is 0 Å². The lowest BCUT2D eigenvalue weighted by Crippen LogP contribution is -2.40. The van der Waals surface area contributed by atoms with Gasteiger partial charge in [0, 0.05) is 25.3 Å². The number of hydrogen-bond donors (Lipinski definition) is 2. The summed E-state index contributed by atoms with van der Waals surface area (Å²) < 4.78 is 0. The maximum atomic E-state index is 12.6. The molecule has 1 aromatic rings. The highest BCUT2D eigenvalue weighted by Crippen LogP contribution is 2.26. The number of carbonyl (C=O) groups excluding carboxylic acids is 1. The SMILES string of the molecule is CCNC(=NCC(=O)N1CCCc2ccccc21)NCCCCSC. The van der Waals surface area contributed by atoms with Gasteiger partial charge in [0.1, 0.15) is 6.54 Å². The van der Waals surface area contributed by atoms with Gasteiger partial charge in [-0.25, -0.2) is 4.99 Å². The van der Waals surface area contributed by atoms with E-state index in [4.69, 9.17) is 0 Å². The van der Waals surface area contributed by atoms with Crippen molar-refractivity contribution in [2.75, 3.05) is 43.1 Å². The number of amides is 1. The monoisotopic (exact) mass is 362 g/mol. The van der Waals surface area contributed by atoms with Gasteiger partial charge in [-0.15, -0.1) is 0 Å². The molecule has 0 atom stereocenters. The molecule has 5 nitrogen and oxygen atoms in total. The Kier molecular flexibility index (Phi) is 8.66. The molecule has 0 aliphatic carbocycles. The van der Waals surface area contributed by atoms with Gasteiger partial charge in [0.2, 0.25) is 5.91 Å². The molecule has 0 saturated carbocycles. The highest BCUT2D eigenvalue weighted by Gasteiger charge is 2.21. The zero-order chi connectivity index (χ0) is 17.9. The van der Waals surface area contributed by atoms with E-state index >= 15 is 0 Å². The Hall–Kier alpha value is -1.69. The number of thioether (sulfide) groups is 1. The molecule has 25 heavy (non-hydrogen) atoms. The lowest BCUT2D eigenvalue weighted by molar-refractivity contribution is -0.117. The van der Waals surface area contributed by atoms with Crippen molar-refractivity contribution in [3.05, 3.63) is 29.8 Å². The first-order chi connectivity index (χ1) is 12.3. The molecule has 1 aromatic carbocycles. The molecule has 0 aromatic heterocycles. The van der Waals surface area contributed by atoms with Crippen LogP contribution in [0.4, 0.5) is 5.69 Å². The fourth-order valence-corrected chi connectivity index (χ4v) is 3.44. The van der Waals surface area contributed by atoms with Crippen molar-refractivity contribution in [3.63, 3.8) is 0 Å². The van der Waals surface area contributed by atoms with Gasteiger partial charge in [-0.3, -0.25) is 4.79 Å². The van der Waals surface area contributed by atoms with Crippen LogP contribution in [0.5, 0.6) is 0 Å². The second-order valence-corrected chi connectivity index (χ2v) is 7.09. The summed E-state index contributed by atoms with van der Waals surface area (Å²) in [5, 5.41) is 6.53. The summed E-state index contributed by atoms with van der Waals surface area (Å²) in [5.41, 5.74) is 2.30. The van der Waals surface area contributed by atoms with Crippen LogP contribution in [0.1, 0.15) is 31.7 Å². The minimum absolute atomic E-state index is 0.0618. The Balaban J connectivity index is 1.90. The van der Waals surface area contributed by atoms with Gasteiger partial charge in [0.25, 0.3) is 0 Å². The van der Waals surface area contributed by atoms with E-state index in [1.807, 2.05) is 41.8 Å². The maximum absolute atomic E-state index is 12.6. The lowest BCUT2D eigenvalue weighted by atomic mass is 10.0. The molecule has 2 rings (SSSR count). The molecular weight excluding hydrogens is 332 g/mol. The maximum Gasteiger partial charge on any atom is 0.248 e. The molecule has 0 fully saturated rings. The van der Waals surface area contributed by atoms with E-state index < -0.39 is 0 Å². The van der Waals surface area contributed by atoms with Crippen molar-refractivity contribution in [2.45, 2.75) is 32.6 Å². The van der Waals surface area contributed by atoms with Gasteiger partial charge >= 0.3 is 0 Å². The van der Waals surface area contributed by atoms with Gasteiger partial charge in [0.05, 0.1) is 0 Å². The van der Waals surface area contributed by atoms with Crippen LogP contribution in [0.25, 0.3) is 0 Å². The van der Waals surface area contributed by atoms with Gasteiger partial charge in [-0.2, -0.15) is 11.8 Å². The van der Waals surface area contributed by atoms with Crippen molar-refractivity contribution >= 4 is 29.3 Å². The van der Waals surface area contributed by atoms with E-state index in [2.05, 4.69) is 27.9 Å². The topological polar surface area (TPSA) is 56.7 Å². The summed E-state index contributed by atoms with van der Waals surface area (Å²) in [7, 11) is 0. The van der Waals surface area contributed by atoms with Crippen molar-refractivity contribution < 1.29 is 4.79 Å². The van der Waals surface area contributed by atoms with Crippen LogP contribution in [0.2, 0.25) is 0 Å². The van der Waals surface area contributed by atoms with E-state index in [0.717, 1.165) is 50.5 Å². The average Bonchev–Trinajstić information content (AvgIpc) is 2.65. The van der Waals surface area contributed by atoms with Crippen LogP contribution in [-0.2, 0) is 11.2 Å². The Morgan fingerprint density at radius 1 is 1.28 bits per heavy atom. The minimum Gasteiger partial charge on any atom is -0.357 e. The molecule has 2 N–H and O–H groups in total. The highest BCUT2D eigenvalue weighted by atomic mass is 32.2. The number of aryl methyl sites for hydroxylation is 1. The number of guanidine groups is 1. The van der Waals surface area contributed by atoms with Gasteiger partial charge in [-0.05, 0) is 56.2 Å². The number of aliphatic imine (C=N–C) groups is 1. The molecule has 0 spiro atoms. The van der Waals surface area contributed by atoms with Crippen molar-refractivity contribution in [1.29, 1.82) is 0 Å². The summed E-state index contributed by atoms with van der Waals surface area (Å²) in [4.78, 5) is 19.0. The first kappa shape index (κ1) is 19.6. The molecular formula is C19H30N4OS. The Morgan fingerprint density at radius 3 is 2.92 bits per heavy atom. The number of fused-ring (bicyclic) bond motifs is 1. The van der Waals surface area contributed by atoms with Crippen LogP contribution < -0.4 is 15.5 Å². The van der Waals surface area contributed by atoms with Crippen LogP contribution >= 0.6 is 11.8 Å². The molecule has 0 unspecified atom stereocenters. The van der Waals surface area contributed by atoms with Crippen molar-refractivity contribution in [1.82, 2.24) is 10.6 Å². The van der Waals surface area contributed by atoms with E-state index in [9.17, 15) is 4.79 Å². The van der Waals surface area contributed by atoms with Gasteiger partial charge in [0.15, 0.2) is 5.96 Å². The molecule has 0 saturated heterocycles. The lowest BCUT2D eigenvalue weighted by Gasteiger charge is -2.29. The molecule has 0 radical (unpaired) electrons. The third kappa shape index (κ3) is 6.27. The Morgan fingerprint density at radius 2 is 2.12 bits per heavy atom. The van der Waals surface area contributed by atoms with Crippen molar-refractivity contribution in [2.24, 2.45) is 4.99 Å². The first-order valence-corrected chi connectivity index (χ1v) is 10.5. The number of para-hydroxylation sites is 1. The van der Waals surface area contributed by atoms with Crippen molar-refractivity contribution in [3.8, 4) is 0 Å².